The molecule has 3 N–H and O–H groups in total. The molecule has 0 radical (unpaired) electrons. The molecule has 2 aromatic heterocycles. The van der Waals surface area contributed by atoms with Crippen LogP contribution in [0.2, 0.25) is 0 Å². The highest BCUT2D eigenvalue weighted by molar-refractivity contribution is 5.83. The van der Waals surface area contributed by atoms with Crippen molar-refractivity contribution in [3.63, 3.8) is 0 Å². The van der Waals surface area contributed by atoms with Crippen LogP contribution in [0.15, 0.2) is 41.5 Å². The maximum atomic E-state index is 13.8. The van der Waals surface area contributed by atoms with Gasteiger partial charge in [0.15, 0.2) is 17.2 Å². The average molecular weight is 316 g/mol. The summed E-state index contributed by atoms with van der Waals surface area (Å²) in [4.78, 5) is 32.3. The molecule has 3 rings (SSSR count). The molecule has 8 nitrogen and oxygen atoms in total. The summed E-state index contributed by atoms with van der Waals surface area (Å²) in [6.07, 6.45) is 1.14. The first-order valence-electron chi connectivity index (χ1n) is 6.34. The zero-order valence-corrected chi connectivity index (χ0v) is 11.4. The van der Waals surface area contributed by atoms with Gasteiger partial charge >= 0.3 is 6.09 Å². The van der Waals surface area contributed by atoms with Crippen LogP contribution in [0, 0.1) is 5.82 Å². The van der Waals surface area contributed by atoms with Gasteiger partial charge in [0, 0.05) is 18.3 Å². The Bertz CT molecular complexity index is 957. The van der Waals surface area contributed by atoms with Gasteiger partial charge in [-0.2, -0.15) is 0 Å². The zero-order valence-electron chi connectivity index (χ0n) is 11.4. The Kier molecular flexibility index (Phi) is 3.59. The first-order chi connectivity index (χ1) is 11.0. The fraction of sp³-hybridized carbons (Fsp3) is 0. The third-order valence-electron chi connectivity index (χ3n) is 2.85. The summed E-state index contributed by atoms with van der Waals surface area (Å²) in [6.45, 7) is 0. The van der Waals surface area contributed by atoms with E-state index in [0.717, 1.165) is 12.3 Å². The van der Waals surface area contributed by atoms with Gasteiger partial charge in [-0.25, -0.2) is 19.2 Å². The van der Waals surface area contributed by atoms with E-state index in [2.05, 4.69) is 15.0 Å². The molecule has 116 valence electrons. The lowest BCUT2D eigenvalue weighted by Gasteiger charge is -2.09. The number of rotatable bonds is 3. The van der Waals surface area contributed by atoms with Crippen LogP contribution in [0.1, 0.15) is 0 Å². The highest BCUT2D eigenvalue weighted by atomic mass is 19.1. The maximum absolute atomic E-state index is 13.8. The van der Waals surface area contributed by atoms with Gasteiger partial charge < -0.3 is 14.8 Å². The Labute approximate surface area is 127 Å². The summed E-state index contributed by atoms with van der Waals surface area (Å²) in [6, 6.07) is 5.12. The molecule has 0 atom stereocenters. The number of hydrogen-bond donors (Lipinski definition) is 3. The summed E-state index contributed by atoms with van der Waals surface area (Å²) in [7, 11) is 0. The van der Waals surface area contributed by atoms with E-state index in [1.54, 1.807) is 0 Å². The maximum Gasteiger partial charge on any atom is 0.409 e. The minimum absolute atomic E-state index is 0.121. The van der Waals surface area contributed by atoms with Gasteiger partial charge in [-0.05, 0) is 12.1 Å². The molecule has 2 heterocycles. The van der Waals surface area contributed by atoms with Gasteiger partial charge in [-0.15, -0.1) is 0 Å². The van der Waals surface area contributed by atoms with Crippen molar-refractivity contribution < 1.29 is 19.0 Å². The number of hydrogen-bond acceptors (Lipinski definition) is 5. The number of aromatic amines is 1. The third kappa shape index (κ3) is 3.07. The molecule has 0 aliphatic carbocycles. The highest BCUT2D eigenvalue weighted by Gasteiger charge is 2.10. The molecule has 0 fully saturated rings. The van der Waals surface area contributed by atoms with Crippen LogP contribution in [-0.4, -0.2) is 26.2 Å². The van der Waals surface area contributed by atoms with Gasteiger partial charge in [-0.1, -0.05) is 0 Å². The topological polar surface area (TPSA) is 117 Å². The van der Waals surface area contributed by atoms with Crippen LogP contribution in [0.3, 0.4) is 0 Å². The summed E-state index contributed by atoms with van der Waals surface area (Å²) < 4.78 is 19.3. The summed E-state index contributed by atoms with van der Waals surface area (Å²) in [5.74, 6) is -0.441. The number of amides is 1. The largest absolute Gasteiger partial charge is 0.465 e. The monoisotopic (exact) mass is 316 g/mol. The van der Waals surface area contributed by atoms with E-state index < -0.39 is 17.5 Å². The van der Waals surface area contributed by atoms with Crippen molar-refractivity contribution in [1.29, 1.82) is 0 Å². The van der Waals surface area contributed by atoms with Gasteiger partial charge in [0.1, 0.15) is 11.3 Å². The summed E-state index contributed by atoms with van der Waals surface area (Å²) in [5, 5.41) is 10.5. The van der Waals surface area contributed by atoms with Crippen LogP contribution in [0.4, 0.5) is 14.9 Å². The van der Waals surface area contributed by atoms with Crippen LogP contribution >= 0.6 is 0 Å². The first kappa shape index (κ1) is 14.4. The molecule has 0 aliphatic rings. The standard InChI is InChI=1S/C14H9FN4O4/c15-8-5-7(1-2-9(8)18-14(21)22)23-10-3-4-16-13-12(10)19-11(20)6-17-13/h1-6,18H,(H,19,20)(H,21,22). The molecule has 0 bridgehead atoms. The molecule has 0 unspecified atom stereocenters. The van der Waals surface area contributed by atoms with Gasteiger partial charge in [-0.3, -0.25) is 10.1 Å². The average Bonchev–Trinajstić information content (AvgIpc) is 2.50. The molecule has 0 saturated heterocycles. The highest BCUT2D eigenvalue weighted by Crippen LogP contribution is 2.28. The number of anilines is 1. The molecule has 0 saturated carbocycles. The van der Waals surface area contributed by atoms with Gasteiger partial charge in [0.05, 0.1) is 11.9 Å². The van der Waals surface area contributed by atoms with Crippen LogP contribution in [-0.2, 0) is 0 Å². The molecule has 0 aliphatic heterocycles. The van der Waals surface area contributed by atoms with E-state index >= 15 is 0 Å². The van der Waals surface area contributed by atoms with Gasteiger partial charge in [0.25, 0.3) is 5.56 Å². The fourth-order valence-electron chi connectivity index (χ4n) is 1.91. The number of carbonyl (C=O) groups is 1. The smallest absolute Gasteiger partial charge is 0.409 e. The van der Waals surface area contributed by atoms with E-state index in [-0.39, 0.29) is 28.4 Å². The lowest BCUT2D eigenvalue weighted by Crippen LogP contribution is -2.08. The number of benzene rings is 1. The number of halogens is 1. The van der Waals surface area contributed by atoms with Crippen molar-refractivity contribution in [3.8, 4) is 11.5 Å². The fourth-order valence-corrected chi connectivity index (χ4v) is 1.91. The molecule has 3 aromatic rings. The summed E-state index contributed by atoms with van der Waals surface area (Å²) in [5.41, 5.74) is -0.0815. The number of pyridine rings is 1. The second-order valence-corrected chi connectivity index (χ2v) is 4.43. The first-order valence-corrected chi connectivity index (χ1v) is 6.34. The van der Waals surface area contributed by atoms with Crippen LogP contribution in [0.25, 0.3) is 11.2 Å². The van der Waals surface area contributed by atoms with E-state index in [1.165, 1.54) is 24.4 Å². The predicted octanol–water partition coefficient (Wildman–Crippen LogP) is 2.34. The molecule has 23 heavy (non-hydrogen) atoms. The molecular weight excluding hydrogens is 307 g/mol. The molecular formula is C14H9FN4O4. The van der Waals surface area contributed by atoms with E-state index in [4.69, 9.17) is 9.84 Å². The minimum Gasteiger partial charge on any atom is -0.465 e. The lowest BCUT2D eigenvalue weighted by atomic mass is 10.3. The second-order valence-electron chi connectivity index (χ2n) is 4.43. The second kappa shape index (κ2) is 5.72. The zero-order chi connectivity index (χ0) is 16.4. The van der Waals surface area contributed by atoms with E-state index in [0.29, 0.717) is 0 Å². The Morgan fingerprint density at radius 1 is 1.30 bits per heavy atom. The number of aromatic nitrogens is 3. The van der Waals surface area contributed by atoms with Crippen molar-refractivity contribution in [2.45, 2.75) is 0 Å². The number of fused-ring (bicyclic) bond motifs is 1. The SMILES string of the molecule is O=C(O)Nc1ccc(Oc2ccnc3ncc(=O)[nH]c23)cc1F. The number of nitrogens with zero attached hydrogens (tertiary/aromatic N) is 2. The number of ether oxygens (including phenoxy) is 1. The molecule has 0 spiro atoms. The number of carboxylic acid groups (broad SMARTS) is 1. The van der Waals surface area contributed by atoms with Crippen molar-refractivity contribution in [2.75, 3.05) is 5.32 Å². The Morgan fingerprint density at radius 2 is 2.13 bits per heavy atom. The quantitative estimate of drug-likeness (QED) is 0.682. The van der Waals surface area contributed by atoms with E-state index in [1.807, 2.05) is 5.32 Å². The summed E-state index contributed by atoms with van der Waals surface area (Å²) >= 11 is 0. The van der Waals surface area contributed by atoms with Crippen molar-refractivity contribution in [3.05, 3.63) is 52.8 Å². The molecule has 9 heteroatoms. The normalized spacial score (nSPS) is 10.5. The van der Waals surface area contributed by atoms with Gasteiger partial charge in [0.2, 0.25) is 0 Å². The minimum atomic E-state index is -1.37. The molecule has 1 amide bonds. The predicted molar refractivity (Wildman–Crippen MR) is 78.3 cm³/mol. The number of H-pyrrole nitrogens is 1. The Morgan fingerprint density at radius 3 is 2.87 bits per heavy atom. The van der Waals surface area contributed by atoms with Crippen molar-refractivity contribution in [2.24, 2.45) is 0 Å². The molecule has 1 aromatic carbocycles. The lowest BCUT2D eigenvalue weighted by molar-refractivity contribution is 0.209. The van der Waals surface area contributed by atoms with Crippen molar-refractivity contribution >= 4 is 22.9 Å². The van der Waals surface area contributed by atoms with Crippen LogP contribution < -0.4 is 15.6 Å². The number of nitrogens with one attached hydrogen (secondary N) is 2. The van der Waals surface area contributed by atoms with Crippen molar-refractivity contribution in [1.82, 2.24) is 15.0 Å². The Balaban J connectivity index is 1.96. The van der Waals surface area contributed by atoms with E-state index in [9.17, 15) is 14.0 Å². The van der Waals surface area contributed by atoms with Crippen LogP contribution in [0.5, 0.6) is 11.5 Å². The third-order valence-corrected chi connectivity index (χ3v) is 2.85. The Hall–Kier alpha value is -3.49.